The van der Waals surface area contributed by atoms with Crippen LogP contribution in [0.15, 0.2) is 0 Å². The van der Waals surface area contributed by atoms with E-state index >= 15 is 0 Å². The van der Waals surface area contributed by atoms with Crippen molar-refractivity contribution in [3.8, 4) is 0 Å². The zero-order chi connectivity index (χ0) is 9.90. The molecule has 0 saturated heterocycles. The lowest BCUT2D eigenvalue weighted by Crippen LogP contribution is -2.47. The van der Waals surface area contributed by atoms with Gasteiger partial charge in [-0.05, 0) is 46.6 Å². The van der Waals surface area contributed by atoms with E-state index in [4.69, 9.17) is 0 Å². The minimum Gasteiger partial charge on any atom is -0.296 e. The highest BCUT2D eigenvalue weighted by molar-refractivity contribution is 4.85. The molecule has 0 heterocycles. The van der Waals surface area contributed by atoms with E-state index in [0.717, 1.165) is 6.04 Å². The van der Waals surface area contributed by atoms with Gasteiger partial charge in [0.15, 0.2) is 0 Å². The average Bonchev–Trinajstić information content (AvgIpc) is 2.49. The van der Waals surface area contributed by atoms with Crippen LogP contribution in [0.5, 0.6) is 0 Å². The second kappa shape index (κ2) is 4.45. The Morgan fingerprint density at radius 3 is 2.08 bits per heavy atom. The van der Waals surface area contributed by atoms with Crippen molar-refractivity contribution in [3.63, 3.8) is 0 Å². The molecule has 1 fully saturated rings. The van der Waals surface area contributed by atoms with Crippen molar-refractivity contribution in [3.05, 3.63) is 0 Å². The smallest absolute Gasteiger partial charge is 0.0127 e. The zero-order valence-electron chi connectivity index (χ0n) is 9.77. The molecule has 0 radical (unpaired) electrons. The summed E-state index contributed by atoms with van der Waals surface area (Å²) >= 11 is 0. The predicted octanol–water partition coefficient (Wildman–Crippen LogP) is 3.44. The maximum absolute atomic E-state index is 2.71. The van der Waals surface area contributed by atoms with Gasteiger partial charge in [0, 0.05) is 11.6 Å². The van der Waals surface area contributed by atoms with Gasteiger partial charge in [0.05, 0.1) is 0 Å². The van der Waals surface area contributed by atoms with Gasteiger partial charge in [-0.25, -0.2) is 0 Å². The SMILES string of the molecule is CCCN(C1CCCC1)C(C)(C)C. The van der Waals surface area contributed by atoms with E-state index in [1.807, 2.05) is 0 Å². The van der Waals surface area contributed by atoms with Crippen LogP contribution in [0.25, 0.3) is 0 Å². The van der Waals surface area contributed by atoms with E-state index in [0.29, 0.717) is 5.54 Å². The maximum Gasteiger partial charge on any atom is 0.0127 e. The Morgan fingerprint density at radius 1 is 1.15 bits per heavy atom. The summed E-state index contributed by atoms with van der Waals surface area (Å²) in [5.74, 6) is 0. The van der Waals surface area contributed by atoms with E-state index in [9.17, 15) is 0 Å². The summed E-state index contributed by atoms with van der Waals surface area (Å²) in [5, 5.41) is 0. The van der Waals surface area contributed by atoms with Gasteiger partial charge in [-0.2, -0.15) is 0 Å². The Hall–Kier alpha value is -0.0400. The fourth-order valence-corrected chi connectivity index (χ4v) is 2.52. The molecule has 1 aliphatic rings. The predicted molar refractivity (Wildman–Crippen MR) is 59.0 cm³/mol. The van der Waals surface area contributed by atoms with E-state index in [1.165, 1.54) is 38.6 Å². The van der Waals surface area contributed by atoms with Crippen LogP contribution in [-0.2, 0) is 0 Å². The molecule has 0 aliphatic heterocycles. The minimum absolute atomic E-state index is 0.366. The molecule has 1 heteroatoms. The summed E-state index contributed by atoms with van der Waals surface area (Å²) in [6, 6.07) is 0.875. The number of hydrogen-bond donors (Lipinski definition) is 0. The Bertz CT molecular complexity index is 140. The molecule has 78 valence electrons. The number of rotatable bonds is 3. The summed E-state index contributed by atoms with van der Waals surface area (Å²) in [4.78, 5) is 2.71. The first kappa shape index (κ1) is 11.0. The largest absolute Gasteiger partial charge is 0.296 e. The second-order valence-electron chi connectivity index (χ2n) is 5.30. The molecule has 13 heavy (non-hydrogen) atoms. The molecule has 1 aliphatic carbocycles. The van der Waals surface area contributed by atoms with Crippen molar-refractivity contribution < 1.29 is 0 Å². The summed E-state index contributed by atoms with van der Waals surface area (Å²) in [6.45, 7) is 10.6. The average molecular weight is 183 g/mol. The third-order valence-corrected chi connectivity index (χ3v) is 3.09. The summed E-state index contributed by atoms with van der Waals surface area (Å²) in [5.41, 5.74) is 0.366. The van der Waals surface area contributed by atoms with Crippen molar-refractivity contribution in [1.29, 1.82) is 0 Å². The van der Waals surface area contributed by atoms with E-state index in [2.05, 4.69) is 32.6 Å². The molecule has 0 bridgehead atoms. The molecule has 0 atom stereocenters. The Labute approximate surface area is 83.5 Å². The van der Waals surface area contributed by atoms with Crippen molar-refractivity contribution in [2.75, 3.05) is 6.54 Å². The molecule has 0 N–H and O–H groups in total. The first-order chi connectivity index (χ1) is 6.05. The Kier molecular flexibility index (Phi) is 3.78. The molecular formula is C12H25N. The lowest BCUT2D eigenvalue weighted by molar-refractivity contribution is 0.0844. The van der Waals surface area contributed by atoms with Gasteiger partial charge < -0.3 is 0 Å². The van der Waals surface area contributed by atoms with Crippen LogP contribution in [0.4, 0.5) is 0 Å². The minimum atomic E-state index is 0.366. The van der Waals surface area contributed by atoms with Gasteiger partial charge in [-0.15, -0.1) is 0 Å². The lowest BCUT2D eigenvalue weighted by Gasteiger charge is -2.40. The lowest BCUT2D eigenvalue weighted by atomic mass is 10.0. The standard InChI is InChI=1S/C12H25N/c1-5-10-13(12(2,3)4)11-8-6-7-9-11/h11H,5-10H2,1-4H3. The number of hydrogen-bond acceptors (Lipinski definition) is 1. The Balaban J connectivity index is 2.55. The van der Waals surface area contributed by atoms with E-state index in [-0.39, 0.29) is 0 Å². The third-order valence-electron chi connectivity index (χ3n) is 3.09. The van der Waals surface area contributed by atoms with Gasteiger partial charge >= 0.3 is 0 Å². The van der Waals surface area contributed by atoms with Crippen LogP contribution >= 0.6 is 0 Å². The van der Waals surface area contributed by atoms with Crippen molar-refractivity contribution in [2.45, 2.75) is 71.4 Å². The fraction of sp³-hybridized carbons (Fsp3) is 1.00. The van der Waals surface area contributed by atoms with Crippen LogP contribution < -0.4 is 0 Å². The van der Waals surface area contributed by atoms with Crippen LogP contribution in [0.1, 0.15) is 59.8 Å². The molecule has 0 amide bonds. The van der Waals surface area contributed by atoms with Crippen LogP contribution in [-0.4, -0.2) is 23.0 Å². The van der Waals surface area contributed by atoms with E-state index < -0.39 is 0 Å². The van der Waals surface area contributed by atoms with Crippen LogP contribution in [0.3, 0.4) is 0 Å². The molecule has 1 rings (SSSR count). The first-order valence-electron chi connectivity index (χ1n) is 5.82. The maximum atomic E-state index is 2.71. The van der Waals surface area contributed by atoms with Gasteiger partial charge in [-0.3, -0.25) is 4.90 Å². The normalized spacial score (nSPS) is 20.1. The molecular weight excluding hydrogens is 158 g/mol. The van der Waals surface area contributed by atoms with Gasteiger partial charge in [0.25, 0.3) is 0 Å². The molecule has 0 aromatic heterocycles. The Morgan fingerprint density at radius 2 is 1.69 bits per heavy atom. The van der Waals surface area contributed by atoms with Crippen LogP contribution in [0, 0.1) is 0 Å². The van der Waals surface area contributed by atoms with Gasteiger partial charge in [-0.1, -0.05) is 19.8 Å². The fourth-order valence-electron chi connectivity index (χ4n) is 2.52. The van der Waals surface area contributed by atoms with E-state index in [1.54, 1.807) is 0 Å². The van der Waals surface area contributed by atoms with Gasteiger partial charge in [0.2, 0.25) is 0 Å². The highest BCUT2D eigenvalue weighted by atomic mass is 15.2. The second-order valence-corrected chi connectivity index (χ2v) is 5.30. The monoisotopic (exact) mass is 183 g/mol. The highest BCUT2D eigenvalue weighted by Crippen LogP contribution is 2.28. The summed E-state index contributed by atoms with van der Waals surface area (Å²) in [7, 11) is 0. The first-order valence-corrected chi connectivity index (χ1v) is 5.82. The zero-order valence-corrected chi connectivity index (χ0v) is 9.77. The molecule has 0 unspecified atom stereocenters. The van der Waals surface area contributed by atoms with Crippen molar-refractivity contribution in [2.24, 2.45) is 0 Å². The molecule has 0 aromatic rings. The third kappa shape index (κ3) is 2.98. The number of nitrogens with zero attached hydrogens (tertiary/aromatic N) is 1. The van der Waals surface area contributed by atoms with Crippen molar-refractivity contribution >= 4 is 0 Å². The molecule has 1 nitrogen and oxygen atoms in total. The van der Waals surface area contributed by atoms with Crippen LogP contribution in [0.2, 0.25) is 0 Å². The van der Waals surface area contributed by atoms with Gasteiger partial charge in [0.1, 0.15) is 0 Å². The molecule has 1 saturated carbocycles. The molecule has 0 aromatic carbocycles. The topological polar surface area (TPSA) is 3.24 Å². The molecule has 0 spiro atoms. The summed E-state index contributed by atoms with van der Waals surface area (Å²) < 4.78 is 0. The highest BCUT2D eigenvalue weighted by Gasteiger charge is 2.29. The summed E-state index contributed by atoms with van der Waals surface area (Å²) in [6.07, 6.45) is 7.03. The quantitative estimate of drug-likeness (QED) is 0.648. The van der Waals surface area contributed by atoms with Crippen molar-refractivity contribution in [1.82, 2.24) is 4.90 Å².